The van der Waals surface area contributed by atoms with Crippen molar-refractivity contribution in [3.8, 4) is 0 Å². The summed E-state index contributed by atoms with van der Waals surface area (Å²) < 4.78 is 4.66. The molecule has 0 aromatic heterocycles. The standard InChI is InChI=1S/C11H22N2O2/c1-9(11(14)15-3)12-8-10-6-4-5-7-13(10)2/h9-10,12H,4-8H2,1-3H3/t9-,10?/m0/s1. The summed E-state index contributed by atoms with van der Waals surface area (Å²) in [5, 5.41) is 3.22. The van der Waals surface area contributed by atoms with Crippen molar-refractivity contribution in [1.82, 2.24) is 10.2 Å². The van der Waals surface area contributed by atoms with E-state index < -0.39 is 0 Å². The Morgan fingerprint density at radius 1 is 1.60 bits per heavy atom. The zero-order chi connectivity index (χ0) is 11.3. The molecule has 0 aromatic rings. The number of methoxy groups -OCH3 is 1. The zero-order valence-corrected chi connectivity index (χ0v) is 9.95. The summed E-state index contributed by atoms with van der Waals surface area (Å²) in [5.74, 6) is -0.187. The molecule has 0 spiro atoms. The molecule has 1 saturated heterocycles. The van der Waals surface area contributed by atoms with Crippen LogP contribution in [0.2, 0.25) is 0 Å². The summed E-state index contributed by atoms with van der Waals surface area (Å²) in [6.07, 6.45) is 3.81. The second-order valence-electron chi connectivity index (χ2n) is 4.28. The first-order chi connectivity index (χ1) is 7.15. The molecule has 0 amide bonds. The van der Waals surface area contributed by atoms with E-state index in [-0.39, 0.29) is 12.0 Å². The summed E-state index contributed by atoms with van der Waals surface area (Å²) in [5.41, 5.74) is 0. The van der Waals surface area contributed by atoms with Gasteiger partial charge in [0.1, 0.15) is 6.04 Å². The number of nitrogens with one attached hydrogen (secondary N) is 1. The second kappa shape index (κ2) is 6.08. The summed E-state index contributed by atoms with van der Waals surface area (Å²) in [4.78, 5) is 13.5. The fraction of sp³-hybridized carbons (Fsp3) is 0.909. The number of piperidine rings is 1. The number of nitrogens with zero attached hydrogens (tertiary/aromatic N) is 1. The number of carbonyl (C=O) groups excluding carboxylic acids is 1. The normalized spacial score (nSPS) is 24.9. The molecule has 1 N–H and O–H groups in total. The summed E-state index contributed by atoms with van der Waals surface area (Å²) in [6, 6.07) is 0.358. The summed E-state index contributed by atoms with van der Waals surface area (Å²) in [7, 11) is 3.57. The molecule has 15 heavy (non-hydrogen) atoms. The molecule has 0 bridgehead atoms. The first-order valence-electron chi connectivity index (χ1n) is 5.66. The predicted octanol–water partition coefficient (Wildman–Crippen LogP) is 0.622. The number of hydrogen-bond donors (Lipinski definition) is 1. The fourth-order valence-corrected chi connectivity index (χ4v) is 1.97. The van der Waals surface area contributed by atoms with Gasteiger partial charge in [0, 0.05) is 12.6 Å². The van der Waals surface area contributed by atoms with Crippen LogP contribution in [-0.4, -0.2) is 50.2 Å². The number of hydrogen-bond acceptors (Lipinski definition) is 4. The van der Waals surface area contributed by atoms with Crippen LogP contribution in [0.1, 0.15) is 26.2 Å². The Morgan fingerprint density at radius 3 is 2.93 bits per heavy atom. The maximum atomic E-state index is 11.2. The number of ether oxygens (including phenoxy) is 1. The van der Waals surface area contributed by atoms with E-state index in [1.165, 1.54) is 32.9 Å². The Hall–Kier alpha value is -0.610. The van der Waals surface area contributed by atoms with E-state index in [0.717, 1.165) is 6.54 Å². The molecule has 0 aromatic carbocycles. The predicted molar refractivity (Wildman–Crippen MR) is 59.7 cm³/mol. The minimum atomic E-state index is -0.203. The number of esters is 1. The molecule has 0 radical (unpaired) electrons. The van der Waals surface area contributed by atoms with Crippen LogP contribution in [0.15, 0.2) is 0 Å². The fourth-order valence-electron chi connectivity index (χ4n) is 1.97. The summed E-state index contributed by atoms with van der Waals surface area (Å²) in [6.45, 7) is 3.88. The van der Waals surface area contributed by atoms with E-state index in [1.807, 2.05) is 6.92 Å². The Bertz CT molecular complexity index is 209. The van der Waals surface area contributed by atoms with Crippen molar-refractivity contribution in [3.63, 3.8) is 0 Å². The second-order valence-corrected chi connectivity index (χ2v) is 4.28. The van der Waals surface area contributed by atoms with Crippen LogP contribution in [0.3, 0.4) is 0 Å². The highest BCUT2D eigenvalue weighted by molar-refractivity contribution is 5.75. The maximum absolute atomic E-state index is 11.2. The van der Waals surface area contributed by atoms with Gasteiger partial charge in [-0.3, -0.25) is 4.79 Å². The van der Waals surface area contributed by atoms with E-state index in [4.69, 9.17) is 0 Å². The van der Waals surface area contributed by atoms with Crippen LogP contribution in [0.25, 0.3) is 0 Å². The number of rotatable bonds is 4. The summed E-state index contributed by atoms with van der Waals surface area (Å²) >= 11 is 0. The third-order valence-corrected chi connectivity index (χ3v) is 3.14. The molecule has 88 valence electrons. The molecule has 1 rings (SSSR count). The molecule has 4 nitrogen and oxygen atoms in total. The van der Waals surface area contributed by atoms with Crippen molar-refractivity contribution >= 4 is 5.97 Å². The van der Waals surface area contributed by atoms with Crippen molar-refractivity contribution in [2.24, 2.45) is 0 Å². The molecule has 1 aliphatic rings. The molecule has 1 aliphatic heterocycles. The molecule has 0 aliphatic carbocycles. The van der Waals surface area contributed by atoms with Gasteiger partial charge in [-0.1, -0.05) is 6.42 Å². The lowest BCUT2D eigenvalue weighted by Crippen LogP contribution is -2.47. The molecule has 1 fully saturated rings. The zero-order valence-electron chi connectivity index (χ0n) is 9.95. The topological polar surface area (TPSA) is 41.6 Å². The van der Waals surface area contributed by atoms with Crippen molar-refractivity contribution in [2.45, 2.75) is 38.3 Å². The minimum Gasteiger partial charge on any atom is -0.468 e. The van der Waals surface area contributed by atoms with Crippen molar-refractivity contribution in [1.29, 1.82) is 0 Å². The van der Waals surface area contributed by atoms with Gasteiger partial charge in [-0.15, -0.1) is 0 Å². The third-order valence-electron chi connectivity index (χ3n) is 3.14. The smallest absolute Gasteiger partial charge is 0.322 e. The molecule has 4 heteroatoms. The van der Waals surface area contributed by atoms with Gasteiger partial charge in [0.2, 0.25) is 0 Å². The first-order valence-corrected chi connectivity index (χ1v) is 5.66. The van der Waals surface area contributed by atoms with Gasteiger partial charge in [-0.25, -0.2) is 0 Å². The molecular formula is C11H22N2O2. The molecular weight excluding hydrogens is 192 g/mol. The number of carbonyl (C=O) groups is 1. The number of likely N-dealkylation sites (N-methyl/N-ethyl adjacent to an activating group) is 1. The molecule has 1 heterocycles. The lowest BCUT2D eigenvalue weighted by molar-refractivity contribution is -0.142. The Morgan fingerprint density at radius 2 is 2.33 bits per heavy atom. The Kier molecular flexibility index (Phi) is 5.05. The van der Waals surface area contributed by atoms with Crippen LogP contribution in [0.5, 0.6) is 0 Å². The van der Waals surface area contributed by atoms with Gasteiger partial charge in [0.05, 0.1) is 7.11 Å². The molecule has 1 unspecified atom stereocenters. The Balaban J connectivity index is 2.26. The highest BCUT2D eigenvalue weighted by Gasteiger charge is 2.20. The average Bonchev–Trinajstić information content (AvgIpc) is 2.26. The van der Waals surface area contributed by atoms with Crippen molar-refractivity contribution in [3.05, 3.63) is 0 Å². The molecule has 2 atom stereocenters. The monoisotopic (exact) mass is 214 g/mol. The maximum Gasteiger partial charge on any atom is 0.322 e. The van der Waals surface area contributed by atoms with Gasteiger partial charge in [-0.05, 0) is 33.4 Å². The third kappa shape index (κ3) is 3.80. The highest BCUT2D eigenvalue weighted by Crippen LogP contribution is 2.14. The largest absolute Gasteiger partial charge is 0.468 e. The number of likely N-dealkylation sites (tertiary alicyclic amines) is 1. The van der Waals surface area contributed by atoms with Gasteiger partial charge in [-0.2, -0.15) is 0 Å². The quantitative estimate of drug-likeness (QED) is 0.697. The lowest BCUT2D eigenvalue weighted by Gasteiger charge is -2.33. The van der Waals surface area contributed by atoms with Crippen molar-refractivity contribution in [2.75, 3.05) is 27.2 Å². The molecule has 0 saturated carbocycles. The van der Waals surface area contributed by atoms with E-state index in [1.54, 1.807) is 0 Å². The van der Waals surface area contributed by atoms with E-state index >= 15 is 0 Å². The van der Waals surface area contributed by atoms with Gasteiger partial charge in [0.25, 0.3) is 0 Å². The van der Waals surface area contributed by atoms with Gasteiger partial charge >= 0.3 is 5.97 Å². The lowest BCUT2D eigenvalue weighted by atomic mass is 10.0. The minimum absolute atomic E-state index is 0.187. The van der Waals surface area contributed by atoms with Crippen LogP contribution in [-0.2, 0) is 9.53 Å². The van der Waals surface area contributed by atoms with E-state index in [9.17, 15) is 4.79 Å². The SMILES string of the molecule is COC(=O)[C@H](C)NCC1CCCCN1C. The van der Waals surface area contributed by atoms with Crippen LogP contribution in [0.4, 0.5) is 0 Å². The Labute approximate surface area is 92.0 Å². The van der Waals surface area contributed by atoms with E-state index in [2.05, 4.69) is 22.0 Å². The van der Waals surface area contributed by atoms with Crippen LogP contribution >= 0.6 is 0 Å². The van der Waals surface area contributed by atoms with E-state index in [0.29, 0.717) is 6.04 Å². The van der Waals surface area contributed by atoms with Crippen LogP contribution in [0, 0.1) is 0 Å². The van der Waals surface area contributed by atoms with Gasteiger partial charge < -0.3 is 15.0 Å². The first kappa shape index (κ1) is 12.5. The van der Waals surface area contributed by atoms with Gasteiger partial charge in [0.15, 0.2) is 0 Å². The highest BCUT2D eigenvalue weighted by atomic mass is 16.5. The van der Waals surface area contributed by atoms with Crippen molar-refractivity contribution < 1.29 is 9.53 Å². The van der Waals surface area contributed by atoms with Crippen LogP contribution < -0.4 is 5.32 Å². The average molecular weight is 214 g/mol.